The number of benzene rings is 1. The molecule has 0 saturated carbocycles. The molecule has 2 aromatic rings. The first-order chi connectivity index (χ1) is 14.3. The van der Waals surface area contributed by atoms with Crippen molar-refractivity contribution >= 4 is 23.1 Å². The molecular weight excluding hydrogens is 398 g/mol. The van der Waals surface area contributed by atoms with Crippen molar-refractivity contribution in [3.05, 3.63) is 52.2 Å². The molecule has 0 atom stereocenters. The summed E-state index contributed by atoms with van der Waals surface area (Å²) in [5.74, 6) is 0.576. The van der Waals surface area contributed by atoms with E-state index in [4.69, 9.17) is 16.3 Å². The van der Waals surface area contributed by atoms with Gasteiger partial charge in [-0.2, -0.15) is 0 Å². The van der Waals surface area contributed by atoms with Crippen LogP contribution in [0.4, 0.5) is 5.69 Å². The molecule has 0 bridgehead atoms. The van der Waals surface area contributed by atoms with Gasteiger partial charge in [-0.05, 0) is 60.5 Å². The molecule has 162 valence electrons. The molecule has 3 rings (SSSR count). The summed E-state index contributed by atoms with van der Waals surface area (Å²) in [4.78, 5) is 16.3. The van der Waals surface area contributed by atoms with Crippen molar-refractivity contribution in [3.8, 4) is 5.88 Å². The molecule has 2 N–H and O–H groups in total. The highest BCUT2D eigenvalue weighted by atomic mass is 35.5. The molecule has 0 unspecified atom stereocenters. The minimum Gasteiger partial charge on any atom is -0.470 e. The minimum atomic E-state index is 0.0699. The fourth-order valence-electron chi connectivity index (χ4n) is 3.47. The fraction of sp³-hybridized carbons (Fsp3) is 0.500. The Hall–Kier alpha value is -2.11. The van der Waals surface area contributed by atoms with E-state index in [1.807, 2.05) is 18.2 Å². The summed E-state index contributed by atoms with van der Waals surface area (Å²) in [7, 11) is 0. The summed E-state index contributed by atoms with van der Waals surface area (Å²) >= 11 is 6.48. The first-order valence-electron chi connectivity index (χ1n) is 10.7. The summed E-state index contributed by atoms with van der Waals surface area (Å²) in [6.07, 6.45) is 5.15. The lowest BCUT2D eigenvalue weighted by atomic mass is 9.90. The van der Waals surface area contributed by atoms with Gasteiger partial charge in [0.25, 0.3) is 0 Å². The van der Waals surface area contributed by atoms with Gasteiger partial charge in [0, 0.05) is 25.2 Å². The van der Waals surface area contributed by atoms with Gasteiger partial charge in [-0.15, -0.1) is 0 Å². The quantitative estimate of drug-likeness (QED) is 0.630. The Morgan fingerprint density at radius 3 is 2.73 bits per heavy atom. The lowest BCUT2D eigenvalue weighted by Crippen LogP contribution is -2.16. The van der Waals surface area contributed by atoms with Gasteiger partial charge >= 0.3 is 0 Å². The Balaban J connectivity index is 1.54. The van der Waals surface area contributed by atoms with Crippen LogP contribution in [-0.4, -0.2) is 30.5 Å². The van der Waals surface area contributed by atoms with Crippen LogP contribution in [0.3, 0.4) is 0 Å². The predicted octanol–water partition coefficient (Wildman–Crippen LogP) is 4.81. The monoisotopic (exact) mass is 429 g/mol. The molecule has 1 aliphatic heterocycles. The second-order valence-corrected chi connectivity index (χ2v) is 9.46. The number of aromatic nitrogens is 1. The van der Waals surface area contributed by atoms with Crippen molar-refractivity contribution in [2.45, 2.75) is 53.0 Å². The Labute approximate surface area is 184 Å². The summed E-state index contributed by atoms with van der Waals surface area (Å²) < 4.78 is 5.55. The molecule has 0 fully saturated rings. The largest absolute Gasteiger partial charge is 0.470 e. The van der Waals surface area contributed by atoms with E-state index in [1.165, 1.54) is 11.1 Å². The number of pyridine rings is 1. The van der Waals surface area contributed by atoms with Gasteiger partial charge in [0.2, 0.25) is 5.88 Å². The highest BCUT2D eigenvalue weighted by Gasteiger charge is 2.15. The normalized spacial score (nSPS) is 14.0. The number of anilines is 1. The smallest absolute Gasteiger partial charge is 0.213 e. The summed E-state index contributed by atoms with van der Waals surface area (Å²) in [6.45, 7) is 9.05. The van der Waals surface area contributed by atoms with E-state index in [0.717, 1.165) is 48.6 Å². The van der Waals surface area contributed by atoms with Crippen molar-refractivity contribution < 1.29 is 9.53 Å². The van der Waals surface area contributed by atoms with Gasteiger partial charge in [0.15, 0.2) is 5.78 Å². The number of rotatable bonds is 8. The molecule has 1 aromatic carbocycles. The number of ketones is 1. The van der Waals surface area contributed by atoms with Gasteiger partial charge in [0.05, 0.1) is 10.7 Å². The molecule has 2 heterocycles. The number of nitrogens with one attached hydrogen (secondary N) is 2. The molecule has 5 nitrogen and oxygen atoms in total. The first kappa shape index (κ1) is 22.6. The van der Waals surface area contributed by atoms with Crippen molar-refractivity contribution in [2.75, 3.05) is 25.0 Å². The topological polar surface area (TPSA) is 63.2 Å². The molecule has 1 aliphatic rings. The second-order valence-electron chi connectivity index (χ2n) is 9.06. The Kier molecular flexibility index (Phi) is 7.73. The molecule has 1 aromatic heterocycles. The summed E-state index contributed by atoms with van der Waals surface area (Å²) in [5, 5.41) is 7.68. The van der Waals surface area contributed by atoms with Crippen LogP contribution in [0.2, 0.25) is 5.02 Å². The molecule has 0 saturated heterocycles. The van der Waals surface area contributed by atoms with Gasteiger partial charge in [-0.3, -0.25) is 4.79 Å². The van der Waals surface area contributed by atoms with Crippen LogP contribution in [0.25, 0.3) is 0 Å². The lowest BCUT2D eigenvalue weighted by Gasteiger charge is -2.17. The van der Waals surface area contributed by atoms with E-state index in [9.17, 15) is 4.79 Å². The second kappa shape index (κ2) is 10.3. The Morgan fingerprint density at radius 2 is 2.00 bits per heavy atom. The molecule has 0 aliphatic carbocycles. The molecule has 0 radical (unpaired) electrons. The molecule has 0 spiro atoms. The zero-order valence-electron chi connectivity index (χ0n) is 18.2. The average molecular weight is 430 g/mol. The van der Waals surface area contributed by atoms with E-state index in [1.54, 1.807) is 6.20 Å². The van der Waals surface area contributed by atoms with Gasteiger partial charge < -0.3 is 15.4 Å². The van der Waals surface area contributed by atoms with E-state index >= 15 is 0 Å². The number of halogens is 1. The highest BCUT2D eigenvalue weighted by molar-refractivity contribution is 6.33. The number of hydrogen-bond acceptors (Lipinski definition) is 5. The maximum atomic E-state index is 12.0. The molecule has 6 heteroatoms. The van der Waals surface area contributed by atoms with E-state index in [0.29, 0.717) is 18.8 Å². The van der Waals surface area contributed by atoms with Crippen LogP contribution in [0.1, 0.15) is 50.3 Å². The number of hydrogen-bond donors (Lipinski definition) is 2. The van der Waals surface area contributed by atoms with Gasteiger partial charge in [-0.1, -0.05) is 44.5 Å². The third-order valence-electron chi connectivity index (χ3n) is 5.28. The van der Waals surface area contributed by atoms with Crippen LogP contribution < -0.4 is 15.4 Å². The summed E-state index contributed by atoms with van der Waals surface area (Å²) in [6, 6.07) is 7.88. The number of fused-ring (bicyclic) bond motifs is 1. The van der Waals surface area contributed by atoms with Crippen molar-refractivity contribution in [1.82, 2.24) is 10.3 Å². The number of carbonyl (C=O) groups excluding carboxylic acids is 1. The van der Waals surface area contributed by atoms with Crippen molar-refractivity contribution in [2.24, 2.45) is 5.41 Å². The third-order valence-corrected chi connectivity index (χ3v) is 5.60. The molecule has 0 amide bonds. The van der Waals surface area contributed by atoms with Crippen LogP contribution in [0.15, 0.2) is 30.5 Å². The maximum Gasteiger partial charge on any atom is 0.213 e. The van der Waals surface area contributed by atoms with Crippen LogP contribution >= 0.6 is 11.6 Å². The molecular formula is C24H32ClN3O2. The number of carbonyl (C=O) groups is 1. The standard InChI is InChI=1S/C24H32ClN3O2/c1-24(2,3)11-8-19(29)16-30-22-7-4-17(14-27-22)15-28-23-20-10-13-26-12-9-18(20)5-6-21(23)25/h4-7,14,26,28H,8-13,15-16H2,1-3H3. The van der Waals surface area contributed by atoms with Crippen molar-refractivity contribution in [1.29, 1.82) is 0 Å². The highest BCUT2D eigenvalue weighted by Crippen LogP contribution is 2.31. The lowest BCUT2D eigenvalue weighted by molar-refractivity contribution is -0.121. The zero-order chi connectivity index (χ0) is 21.6. The Bertz CT molecular complexity index is 860. The SMILES string of the molecule is CC(C)(C)CCC(=O)COc1ccc(CNc2c(Cl)ccc3c2CCNCC3)cn1. The van der Waals surface area contributed by atoms with E-state index in [-0.39, 0.29) is 17.8 Å². The van der Waals surface area contributed by atoms with E-state index in [2.05, 4.69) is 42.5 Å². The van der Waals surface area contributed by atoms with Gasteiger partial charge in [-0.25, -0.2) is 4.98 Å². The van der Waals surface area contributed by atoms with Crippen LogP contribution in [-0.2, 0) is 24.2 Å². The van der Waals surface area contributed by atoms with E-state index < -0.39 is 0 Å². The predicted molar refractivity (Wildman–Crippen MR) is 122 cm³/mol. The minimum absolute atomic E-state index is 0.0699. The Morgan fingerprint density at radius 1 is 1.20 bits per heavy atom. The zero-order valence-corrected chi connectivity index (χ0v) is 18.9. The molecule has 30 heavy (non-hydrogen) atoms. The third kappa shape index (κ3) is 6.71. The van der Waals surface area contributed by atoms with Crippen LogP contribution in [0, 0.1) is 5.41 Å². The number of Topliss-reactive ketones (excluding diaryl/α,β-unsaturated/α-hetero) is 1. The first-order valence-corrected chi connectivity index (χ1v) is 11.0. The number of nitrogens with zero attached hydrogens (tertiary/aromatic N) is 1. The average Bonchev–Trinajstić information content (AvgIpc) is 2.96. The number of ether oxygens (including phenoxy) is 1. The van der Waals surface area contributed by atoms with Crippen LogP contribution in [0.5, 0.6) is 5.88 Å². The van der Waals surface area contributed by atoms with Gasteiger partial charge in [0.1, 0.15) is 6.61 Å². The fourth-order valence-corrected chi connectivity index (χ4v) is 3.71. The summed E-state index contributed by atoms with van der Waals surface area (Å²) in [5.41, 5.74) is 4.85. The maximum absolute atomic E-state index is 12.0. The van der Waals surface area contributed by atoms with Crippen molar-refractivity contribution in [3.63, 3.8) is 0 Å².